The Morgan fingerprint density at radius 1 is 1.24 bits per heavy atom. The molecule has 2 aromatic carbocycles. The minimum atomic E-state index is 0.168. The Morgan fingerprint density at radius 3 is 2.76 bits per heavy atom. The van der Waals surface area contributed by atoms with Gasteiger partial charge in [0, 0.05) is 0 Å². The van der Waals surface area contributed by atoms with Crippen LogP contribution < -0.4 is 5.73 Å². The molecule has 0 bridgehead atoms. The molecule has 0 heterocycles. The molecule has 4 nitrogen and oxygen atoms in total. The van der Waals surface area contributed by atoms with Gasteiger partial charge in [0.25, 0.3) is 0 Å². The number of amidine groups is 1. The van der Waals surface area contributed by atoms with Crippen molar-refractivity contribution in [2.24, 2.45) is 15.9 Å². The number of benzene rings is 2. The summed E-state index contributed by atoms with van der Waals surface area (Å²) in [6.07, 6.45) is 1.49. The van der Waals surface area contributed by atoms with Crippen LogP contribution in [0.2, 0.25) is 0 Å². The molecule has 5 heteroatoms. The normalized spacial score (nSPS) is 12.4. The van der Waals surface area contributed by atoms with Crippen LogP contribution in [0.3, 0.4) is 0 Å². The summed E-state index contributed by atoms with van der Waals surface area (Å²) in [7, 11) is 0. The number of hydrogen-bond donors (Lipinski definition) is 2. The van der Waals surface area contributed by atoms with Gasteiger partial charge in [-0.3, -0.25) is 0 Å². The summed E-state index contributed by atoms with van der Waals surface area (Å²) in [5.74, 6) is 0.168. The Morgan fingerprint density at radius 2 is 2.00 bits per heavy atom. The Kier molecular flexibility index (Phi) is 3.42. The van der Waals surface area contributed by atoms with E-state index in [0.717, 1.165) is 10.8 Å². The molecule has 0 amide bonds. The van der Waals surface area contributed by atoms with Crippen molar-refractivity contribution in [1.82, 2.24) is 0 Å². The van der Waals surface area contributed by atoms with Gasteiger partial charge in [-0.05, 0) is 0 Å². The molecule has 0 saturated heterocycles. The topological polar surface area (TPSA) is 71.0 Å². The first-order chi connectivity index (χ1) is 8.18. The van der Waals surface area contributed by atoms with Crippen LogP contribution in [0.15, 0.2) is 46.6 Å². The molecule has 0 aliphatic carbocycles. The predicted octanol–water partition coefficient (Wildman–Crippen LogP) is 1.36. The van der Waals surface area contributed by atoms with Crippen molar-refractivity contribution in [2.45, 2.75) is 0 Å². The maximum atomic E-state index is 9.79. The summed E-state index contributed by atoms with van der Waals surface area (Å²) in [6.45, 7) is 0. The summed E-state index contributed by atoms with van der Waals surface area (Å²) >= 11 is 2.53. The van der Waals surface area contributed by atoms with E-state index in [4.69, 9.17) is 5.73 Å². The Labute approximate surface area is 107 Å². The van der Waals surface area contributed by atoms with E-state index in [0.29, 0.717) is 5.56 Å². The number of hydrogen-bond acceptors (Lipinski definition) is 3. The summed E-state index contributed by atoms with van der Waals surface area (Å²) in [5.41, 5.74) is 5.96. The molecule has 0 fully saturated rings. The van der Waals surface area contributed by atoms with Crippen molar-refractivity contribution in [2.75, 3.05) is 0 Å². The molecule has 0 spiro atoms. The first kappa shape index (κ1) is 11.6. The number of nitrogens with two attached hydrogens (primary N) is 1. The van der Waals surface area contributed by atoms with E-state index in [1.807, 2.05) is 30.3 Å². The molecule has 3 N–H and O–H groups in total. The van der Waals surface area contributed by atoms with E-state index in [9.17, 15) is 5.11 Å². The van der Waals surface area contributed by atoms with E-state index in [-0.39, 0.29) is 10.5 Å². The fraction of sp³-hybridized carbons (Fsp3) is 0. The summed E-state index contributed by atoms with van der Waals surface area (Å²) in [6, 6.07) is 11.2. The van der Waals surface area contributed by atoms with Crippen LogP contribution >= 0.6 is 0 Å². The molecular formula is C12H10N3OSe. The van der Waals surface area contributed by atoms with Gasteiger partial charge in [0.15, 0.2) is 0 Å². The van der Waals surface area contributed by atoms with E-state index < -0.39 is 0 Å². The fourth-order valence-corrected chi connectivity index (χ4v) is 1.66. The SMILES string of the molecule is N/C([Se])=N/N=C/c1c(O)ccc2ccccc12. The van der Waals surface area contributed by atoms with Crippen molar-refractivity contribution in [3.05, 3.63) is 42.0 Å². The van der Waals surface area contributed by atoms with Crippen LogP contribution in [-0.4, -0.2) is 32.1 Å². The number of phenols is 1. The Balaban J connectivity index is 2.55. The zero-order chi connectivity index (χ0) is 12.3. The third-order valence-corrected chi connectivity index (χ3v) is 2.46. The van der Waals surface area contributed by atoms with Crippen molar-refractivity contribution >= 4 is 37.7 Å². The van der Waals surface area contributed by atoms with E-state index in [2.05, 4.69) is 26.2 Å². The van der Waals surface area contributed by atoms with Crippen LogP contribution in [0.25, 0.3) is 10.8 Å². The van der Waals surface area contributed by atoms with Gasteiger partial charge in [0.2, 0.25) is 0 Å². The van der Waals surface area contributed by atoms with Gasteiger partial charge >= 0.3 is 106 Å². The van der Waals surface area contributed by atoms with E-state index in [1.165, 1.54) is 6.21 Å². The Hall–Kier alpha value is -1.84. The summed E-state index contributed by atoms with van der Waals surface area (Å²) < 4.78 is 0.251. The third kappa shape index (κ3) is 2.64. The predicted molar refractivity (Wildman–Crippen MR) is 70.6 cm³/mol. The van der Waals surface area contributed by atoms with Gasteiger partial charge in [-0.2, -0.15) is 0 Å². The zero-order valence-corrected chi connectivity index (χ0v) is 10.6. The molecule has 0 aromatic heterocycles. The first-order valence-corrected chi connectivity index (χ1v) is 5.78. The first-order valence-electron chi connectivity index (χ1n) is 4.92. The second-order valence-electron chi connectivity index (χ2n) is 3.40. The van der Waals surface area contributed by atoms with Gasteiger partial charge in [-0.15, -0.1) is 0 Å². The molecule has 0 atom stereocenters. The molecule has 0 saturated carbocycles. The molecular weight excluding hydrogens is 281 g/mol. The minimum absolute atomic E-state index is 0.168. The summed E-state index contributed by atoms with van der Waals surface area (Å²) in [5, 5.41) is 19.2. The molecule has 2 rings (SSSR count). The van der Waals surface area contributed by atoms with Gasteiger partial charge in [0.05, 0.1) is 0 Å². The van der Waals surface area contributed by atoms with Crippen LogP contribution in [0.5, 0.6) is 5.75 Å². The van der Waals surface area contributed by atoms with Gasteiger partial charge in [0.1, 0.15) is 0 Å². The Bertz CT molecular complexity index is 604. The monoisotopic (exact) mass is 292 g/mol. The van der Waals surface area contributed by atoms with Crippen LogP contribution in [0, 0.1) is 0 Å². The number of rotatable bonds is 2. The van der Waals surface area contributed by atoms with E-state index in [1.54, 1.807) is 6.07 Å². The molecule has 1 radical (unpaired) electrons. The van der Waals surface area contributed by atoms with Gasteiger partial charge in [-0.1, -0.05) is 0 Å². The molecule has 0 aliphatic rings. The van der Waals surface area contributed by atoms with E-state index >= 15 is 0 Å². The molecule has 85 valence electrons. The van der Waals surface area contributed by atoms with Gasteiger partial charge < -0.3 is 0 Å². The third-order valence-electron chi connectivity index (χ3n) is 2.29. The average Bonchev–Trinajstić information content (AvgIpc) is 2.32. The second-order valence-corrected chi connectivity index (χ2v) is 4.28. The number of aromatic hydroxyl groups is 1. The molecule has 17 heavy (non-hydrogen) atoms. The quantitative estimate of drug-likeness (QED) is 0.379. The van der Waals surface area contributed by atoms with Crippen molar-refractivity contribution in [3.8, 4) is 5.75 Å². The fourth-order valence-electron chi connectivity index (χ4n) is 1.56. The van der Waals surface area contributed by atoms with Crippen LogP contribution in [-0.2, 0) is 0 Å². The standard InChI is InChI=1S/C12H10N3OSe/c13-12(17)15-14-7-10-9-4-2-1-3-8(9)5-6-11(10)16/h1-7,16H,(H2,13,15)/b14-7+. The zero-order valence-electron chi connectivity index (χ0n) is 8.87. The maximum absolute atomic E-state index is 9.79. The second kappa shape index (κ2) is 4.99. The number of phenolic OH excluding ortho intramolecular Hbond substituents is 1. The number of nitrogens with zero attached hydrogens (tertiary/aromatic N) is 2. The molecule has 0 unspecified atom stereocenters. The van der Waals surface area contributed by atoms with Gasteiger partial charge in [-0.25, -0.2) is 0 Å². The van der Waals surface area contributed by atoms with Crippen molar-refractivity contribution in [1.29, 1.82) is 0 Å². The van der Waals surface area contributed by atoms with Crippen molar-refractivity contribution in [3.63, 3.8) is 0 Å². The number of fused-ring (bicyclic) bond motifs is 1. The van der Waals surface area contributed by atoms with Crippen molar-refractivity contribution < 1.29 is 5.11 Å². The molecule has 0 aliphatic heterocycles. The van der Waals surface area contributed by atoms with Crippen LogP contribution in [0.4, 0.5) is 0 Å². The van der Waals surface area contributed by atoms with Crippen LogP contribution in [0.1, 0.15) is 5.56 Å². The summed E-state index contributed by atoms with van der Waals surface area (Å²) in [4.78, 5) is 0. The average molecular weight is 291 g/mol. The molecule has 2 aromatic rings.